The molecule has 0 aromatic carbocycles. The average Bonchev–Trinajstić information content (AvgIpc) is 2.29. The molecule has 1 N–H and O–H groups in total. The van der Waals surface area contributed by atoms with Crippen molar-refractivity contribution in [1.82, 2.24) is 4.98 Å². The van der Waals surface area contributed by atoms with Crippen LogP contribution in [-0.4, -0.2) is 35.0 Å². The van der Waals surface area contributed by atoms with Crippen molar-refractivity contribution in [3.05, 3.63) is 23.9 Å². The third-order valence-corrected chi connectivity index (χ3v) is 2.90. The van der Waals surface area contributed by atoms with Crippen LogP contribution in [0.25, 0.3) is 0 Å². The summed E-state index contributed by atoms with van der Waals surface area (Å²) in [6, 6.07) is 3.30. The molecule has 5 heteroatoms. The van der Waals surface area contributed by atoms with Crippen molar-refractivity contribution in [3.63, 3.8) is 0 Å². The second-order valence-electron chi connectivity index (χ2n) is 3.09. The van der Waals surface area contributed by atoms with E-state index in [1.807, 2.05) is 6.92 Å². The van der Waals surface area contributed by atoms with Gasteiger partial charge in [0.25, 0.3) is 0 Å². The van der Waals surface area contributed by atoms with E-state index in [0.717, 1.165) is 30.4 Å². The Balaban J connectivity index is 2.29. The van der Waals surface area contributed by atoms with Gasteiger partial charge in [-0.05, 0) is 25.5 Å². The van der Waals surface area contributed by atoms with Crippen LogP contribution in [0.1, 0.15) is 23.7 Å². The van der Waals surface area contributed by atoms with Crippen LogP contribution in [0.15, 0.2) is 23.4 Å². The van der Waals surface area contributed by atoms with Crippen molar-refractivity contribution in [2.45, 2.75) is 18.4 Å². The van der Waals surface area contributed by atoms with E-state index < -0.39 is 5.97 Å². The van der Waals surface area contributed by atoms with Crippen molar-refractivity contribution in [1.29, 1.82) is 0 Å². The predicted octanol–water partition coefficient (Wildman–Crippen LogP) is 2.30. The molecule has 1 aromatic heterocycles. The highest BCUT2D eigenvalue weighted by Gasteiger charge is 2.02. The topological polar surface area (TPSA) is 59.4 Å². The average molecular weight is 241 g/mol. The van der Waals surface area contributed by atoms with Gasteiger partial charge in [-0.15, -0.1) is 11.8 Å². The number of carboxylic acids is 1. The van der Waals surface area contributed by atoms with Crippen molar-refractivity contribution in [2.75, 3.05) is 19.0 Å². The number of aromatic nitrogens is 1. The number of ether oxygens (including phenoxy) is 1. The number of thioether (sulfide) groups is 1. The standard InChI is InChI=1S/C11H15NO3S/c1-2-15-6-3-7-16-10-5-4-9(8-12-10)11(13)14/h4-5,8H,2-3,6-7H2,1H3,(H,13,14). The molecule has 0 saturated carbocycles. The second kappa shape index (κ2) is 7.24. The van der Waals surface area contributed by atoms with Crippen LogP contribution in [0.2, 0.25) is 0 Å². The summed E-state index contributed by atoms with van der Waals surface area (Å²) in [5, 5.41) is 9.53. The maximum atomic E-state index is 10.6. The van der Waals surface area contributed by atoms with Crippen LogP contribution >= 0.6 is 11.8 Å². The van der Waals surface area contributed by atoms with Gasteiger partial charge in [-0.1, -0.05) is 0 Å². The van der Waals surface area contributed by atoms with Crippen LogP contribution in [0, 0.1) is 0 Å². The van der Waals surface area contributed by atoms with Gasteiger partial charge in [0.1, 0.15) is 0 Å². The molecule has 0 unspecified atom stereocenters. The van der Waals surface area contributed by atoms with E-state index in [2.05, 4.69) is 4.98 Å². The molecule has 0 spiro atoms. The fraction of sp³-hybridized carbons (Fsp3) is 0.455. The highest BCUT2D eigenvalue weighted by atomic mass is 32.2. The molecule has 16 heavy (non-hydrogen) atoms. The van der Waals surface area contributed by atoms with Crippen molar-refractivity contribution in [2.24, 2.45) is 0 Å². The van der Waals surface area contributed by atoms with Gasteiger partial charge in [0.15, 0.2) is 0 Å². The molecule has 1 heterocycles. The van der Waals surface area contributed by atoms with E-state index in [1.54, 1.807) is 23.9 Å². The normalized spacial score (nSPS) is 10.3. The Bertz CT molecular complexity index is 327. The third kappa shape index (κ3) is 4.63. The number of nitrogens with zero attached hydrogens (tertiary/aromatic N) is 1. The summed E-state index contributed by atoms with van der Waals surface area (Å²) in [7, 11) is 0. The first-order valence-corrected chi connectivity index (χ1v) is 6.12. The van der Waals surface area contributed by atoms with E-state index in [-0.39, 0.29) is 5.56 Å². The molecule has 0 fully saturated rings. The first kappa shape index (κ1) is 13.0. The second-order valence-corrected chi connectivity index (χ2v) is 4.20. The number of carboxylic acid groups (broad SMARTS) is 1. The van der Waals surface area contributed by atoms with Crippen LogP contribution < -0.4 is 0 Å². The fourth-order valence-electron chi connectivity index (χ4n) is 1.07. The number of pyridine rings is 1. The Hall–Kier alpha value is -1.07. The lowest BCUT2D eigenvalue weighted by molar-refractivity contribution is 0.0696. The number of hydrogen-bond donors (Lipinski definition) is 1. The largest absolute Gasteiger partial charge is 0.478 e. The number of carbonyl (C=O) groups is 1. The quantitative estimate of drug-likeness (QED) is 0.586. The van der Waals surface area contributed by atoms with E-state index in [4.69, 9.17) is 9.84 Å². The van der Waals surface area contributed by atoms with Gasteiger partial charge in [0.05, 0.1) is 10.6 Å². The summed E-state index contributed by atoms with van der Waals surface area (Å²) >= 11 is 1.61. The number of aromatic carboxylic acids is 1. The molecular weight excluding hydrogens is 226 g/mol. The molecule has 4 nitrogen and oxygen atoms in total. The molecule has 0 aliphatic heterocycles. The predicted molar refractivity (Wildman–Crippen MR) is 63.0 cm³/mol. The smallest absolute Gasteiger partial charge is 0.337 e. The van der Waals surface area contributed by atoms with Gasteiger partial charge >= 0.3 is 5.97 Å². The zero-order valence-electron chi connectivity index (χ0n) is 9.18. The third-order valence-electron chi connectivity index (χ3n) is 1.87. The molecule has 0 saturated heterocycles. The Morgan fingerprint density at radius 2 is 2.38 bits per heavy atom. The van der Waals surface area contributed by atoms with Gasteiger partial charge < -0.3 is 9.84 Å². The first-order chi connectivity index (χ1) is 7.74. The zero-order valence-corrected chi connectivity index (χ0v) is 10.00. The zero-order chi connectivity index (χ0) is 11.8. The van der Waals surface area contributed by atoms with E-state index in [9.17, 15) is 4.79 Å². The Kier molecular flexibility index (Phi) is 5.88. The summed E-state index contributed by atoms with van der Waals surface area (Å²) in [6.07, 6.45) is 2.36. The summed E-state index contributed by atoms with van der Waals surface area (Å²) in [6.45, 7) is 3.48. The van der Waals surface area contributed by atoms with Gasteiger partial charge in [-0.2, -0.15) is 0 Å². The monoisotopic (exact) mass is 241 g/mol. The molecule has 0 amide bonds. The van der Waals surface area contributed by atoms with E-state index in [0.29, 0.717) is 0 Å². The van der Waals surface area contributed by atoms with Crippen LogP contribution in [0.5, 0.6) is 0 Å². The number of rotatable bonds is 7. The molecule has 0 bridgehead atoms. The molecular formula is C11H15NO3S. The summed E-state index contributed by atoms with van der Waals surface area (Å²) in [5.74, 6) is -0.0141. The highest BCUT2D eigenvalue weighted by Crippen LogP contribution is 2.16. The lowest BCUT2D eigenvalue weighted by Crippen LogP contribution is -1.97. The lowest BCUT2D eigenvalue weighted by atomic mass is 10.3. The van der Waals surface area contributed by atoms with Crippen LogP contribution in [0.4, 0.5) is 0 Å². The fourth-order valence-corrected chi connectivity index (χ4v) is 1.84. The van der Waals surface area contributed by atoms with Crippen LogP contribution in [0.3, 0.4) is 0 Å². The van der Waals surface area contributed by atoms with Gasteiger partial charge in [0.2, 0.25) is 0 Å². The maximum Gasteiger partial charge on any atom is 0.337 e. The van der Waals surface area contributed by atoms with Crippen molar-refractivity contribution < 1.29 is 14.6 Å². The molecule has 0 aliphatic carbocycles. The maximum absolute atomic E-state index is 10.6. The SMILES string of the molecule is CCOCCCSc1ccc(C(=O)O)cn1. The van der Waals surface area contributed by atoms with Crippen LogP contribution in [-0.2, 0) is 4.74 Å². The molecule has 1 rings (SSSR count). The van der Waals surface area contributed by atoms with Gasteiger partial charge in [-0.3, -0.25) is 0 Å². The summed E-state index contributed by atoms with van der Waals surface area (Å²) < 4.78 is 5.21. The van der Waals surface area contributed by atoms with Gasteiger partial charge in [-0.25, -0.2) is 9.78 Å². The Morgan fingerprint density at radius 3 is 2.94 bits per heavy atom. The molecule has 1 aromatic rings. The van der Waals surface area contributed by atoms with Crippen molar-refractivity contribution >= 4 is 17.7 Å². The Morgan fingerprint density at radius 1 is 1.56 bits per heavy atom. The highest BCUT2D eigenvalue weighted by molar-refractivity contribution is 7.99. The number of hydrogen-bond acceptors (Lipinski definition) is 4. The minimum atomic E-state index is -0.944. The summed E-state index contributed by atoms with van der Waals surface area (Å²) in [5.41, 5.74) is 0.221. The molecule has 0 radical (unpaired) electrons. The molecule has 88 valence electrons. The minimum Gasteiger partial charge on any atom is -0.478 e. The summed E-state index contributed by atoms with van der Waals surface area (Å²) in [4.78, 5) is 14.6. The van der Waals surface area contributed by atoms with E-state index in [1.165, 1.54) is 6.20 Å². The molecule has 0 atom stereocenters. The first-order valence-electron chi connectivity index (χ1n) is 5.14. The lowest BCUT2D eigenvalue weighted by Gasteiger charge is -2.01. The van der Waals surface area contributed by atoms with Crippen molar-refractivity contribution in [3.8, 4) is 0 Å². The Labute approximate surface area is 99.0 Å². The van der Waals surface area contributed by atoms with E-state index >= 15 is 0 Å². The molecule has 0 aliphatic rings. The van der Waals surface area contributed by atoms with Gasteiger partial charge in [0, 0.05) is 25.2 Å². The minimum absolute atomic E-state index is 0.221.